The van der Waals surface area contributed by atoms with Gasteiger partial charge >= 0.3 is 17.9 Å². The normalized spacial score (nSPS) is 17.8. The van der Waals surface area contributed by atoms with Crippen LogP contribution in [-0.4, -0.2) is 90.2 Å². The number of anilines is 1. The van der Waals surface area contributed by atoms with Gasteiger partial charge in [0.25, 0.3) is 32.4 Å². The van der Waals surface area contributed by atoms with Gasteiger partial charge in [-0.1, -0.05) is 23.9 Å². The molecule has 22 heteroatoms. The largest absolute Gasteiger partial charge is 0.480 e. The molecule has 2 amide bonds. The molecule has 0 aliphatic carbocycles. The predicted octanol–water partition coefficient (Wildman–Crippen LogP) is 0.380. The molecule has 2 aliphatic rings. The van der Waals surface area contributed by atoms with Gasteiger partial charge in [-0.2, -0.15) is 8.42 Å². The summed E-state index contributed by atoms with van der Waals surface area (Å²) in [6.07, 6.45) is 1.70. The Hall–Kier alpha value is -4.48. The number of hydrogen-bond acceptors (Lipinski definition) is 14. The molecule has 0 spiro atoms. The Balaban J connectivity index is 1.76. The van der Waals surface area contributed by atoms with Crippen LogP contribution in [0.4, 0.5) is 10.5 Å². The number of thioether (sulfide) groups is 2. The third kappa shape index (κ3) is 7.63. The van der Waals surface area contributed by atoms with Crippen molar-refractivity contribution >= 4 is 102 Å². The van der Waals surface area contributed by atoms with Crippen molar-refractivity contribution in [1.29, 1.82) is 0 Å². The van der Waals surface area contributed by atoms with Gasteiger partial charge in [-0.25, -0.2) is 0 Å². The van der Waals surface area contributed by atoms with Crippen LogP contribution in [0.1, 0.15) is 13.3 Å². The van der Waals surface area contributed by atoms with Crippen molar-refractivity contribution in [2.45, 2.75) is 31.3 Å². The van der Waals surface area contributed by atoms with Gasteiger partial charge < -0.3 is 20.2 Å². The lowest BCUT2D eigenvalue weighted by molar-refractivity contribution is -0.140. The van der Waals surface area contributed by atoms with E-state index in [4.69, 9.17) is 5.11 Å². The number of rotatable bonds is 11. The van der Waals surface area contributed by atoms with E-state index in [0.717, 1.165) is 26.5 Å². The van der Waals surface area contributed by atoms with Crippen LogP contribution in [0.3, 0.4) is 0 Å². The summed E-state index contributed by atoms with van der Waals surface area (Å²) in [7, 11) is -4.22. The summed E-state index contributed by atoms with van der Waals surface area (Å²) in [5.41, 5.74) is -0.688. The highest BCUT2D eigenvalue weighted by Crippen LogP contribution is 2.46. The molecule has 1 saturated heterocycles. The lowest BCUT2D eigenvalue weighted by Gasteiger charge is -2.20. The van der Waals surface area contributed by atoms with Crippen LogP contribution < -0.4 is 25.2 Å². The lowest BCUT2D eigenvalue weighted by Crippen LogP contribution is -2.35. The van der Waals surface area contributed by atoms with Gasteiger partial charge in [0.2, 0.25) is 0 Å². The second-order valence-electron chi connectivity index (χ2n) is 10.6. The number of para-hydroxylation sites is 1. The number of carboxylic acid groups (broad SMARTS) is 3. The van der Waals surface area contributed by atoms with Crippen molar-refractivity contribution in [2.75, 3.05) is 23.7 Å². The maximum atomic E-state index is 13.8. The van der Waals surface area contributed by atoms with Crippen LogP contribution in [0.5, 0.6) is 0 Å². The Labute approximate surface area is 296 Å². The molecule has 0 saturated carbocycles. The smallest absolute Gasteiger partial charge is 0.323 e. The van der Waals surface area contributed by atoms with E-state index in [1.807, 2.05) is 12.1 Å². The van der Waals surface area contributed by atoms with Gasteiger partial charge in [0.1, 0.15) is 38.4 Å². The molecule has 3 aromatic rings. The first-order valence-corrected chi connectivity index (χ1v) is 18.9. The van der Waals surface area contributed by atoms with E-state index in [9.17, 15) is 56.7 Å². The Morgan fingerprint density at radius 3 is 2.06 bits per heavy atom. The first-order chi connectivity index (χ1) is 23.5. The number of aliphatic carboxylic acids is 3. The summed E-state index contributed by atoms with van der Waals surface area (Å²) >= 11 is 2.93. The van der Waals surface area contributed by atoms with E-state index in [0.29, 0.717) is 43.2 Å². The highest BCUT2D eigenvalue weighted by Gasteiger charge is 2.38. The van der Waals surface area contributed by atoms with Gasteiger partial charge in [0.15, 0.2) is 0 Å². The Morgan fingerprint density at radius 1 is 0.820 bits per heavy atom. The minimum Gasteiger partial charge on any atom is -0.480 e. The molecule has 5 rings (SSSR count). The third-order valence-corrected chi connectivity index (χ3v) is 12.7. The third-order valence-electron chi connectivity index (χ3n) is 7.00. The first-order valence-electron chi connectivity index (χ1n) is 14.1. The van der Waals surface area contributed by atoms with Crippen LogP contribution in [0.25, 0.3) is 10.5 Å². The monoisotopic (exact) mass is 784 g/mol. The molecular weight excluding hydrogens is 761 g/mol. The second kappa shape index (κ2) is 14.4. The molecule has 0 atom stereocenters. The minimum absolute atomic E-state index is 0.0177. The van der Waals surface area contributed by atoms with Gasteiger partial charge in [-0.05, 0) is 48.9 Å². The van der Waals surface area contributed by atoms with Gasteiger partial charge in [0, 0.05) is 11.4 Å². The Bertz CT molecular complexity index is 2480. The maximum absolute atomic E-state index is 13.8. The van der Waals surface area contributed by atoms with Crippen molar-refractivity contribution in [3.8, 4) is 0 Å². The summed E-state index contributed by atoms with van der Waals surface area (Å²) < 4.78 is 32.7. The summed E-state index contributed by atoms with van der Waals surface area (Å²) in [4.78, 5) is 90.4. The molecule has 4 N–H and O–H groups in total. The van der Waals surface area contributed by atoms with Crippen molar-refractivity contribution < 1.29 is 52.3 Å². The molecule has 4 heterocycles. The maximum Gasteiger partial charge on any atom is 0.323 e. The number of benzene rings is 1. The second-order valence-corrected chi connectivity index (χ2v) is 16.1. The van der Waals surface area contributed by atoms with E-state index in [2.05, 4.69) is 0 Å². The number of hydrogen-bond donors (Lipinski definition) is 4. The van der Waals surface area contributed by atoms with Crippen LogP contribution in [0.15, 0.2) is 49.9 Å². The summed E-state index contributed by atoms with van der Waals surface area (Å²) in [6.45, 7) is -1.08. The zero-order chi connectivity index (χ0) is 36.7. The van der Waals surface area contributed by atoms with Crippen molar-refractivity contribution in [2.24, 2.45) is 0 Å². The molecule has 1 aromatic carbocycles. The number of nitrogens with zero attached hydrogens (tertiary/aromatic N) is 4. The number of aromatic nitrogens is 2. The summed E-state index contributed by atoms with van der Waals surface area (Å²) in [5, 5.41) is 27.9. The Morgan fingerprint density at radius 2 is 1.44 bits per heavy atom. The molecule has 50 heavy (non-hydrogen) atoms. The molecule has 1 fully saturated rings. The fourth-order valence-corrected chi connectivity index (χ4v) is 10.0. The van der Waals surface area contributed by atoms with E-state index < -0.39 is 80.6 Å². The molecule has 0 radical (unpaired) electrons. The predicted molar refractivity (Wildman–Crippen MR) is 183 cm³/mol. The molecule has 0 bridgehead atoms. The SMILES string of the molecule is CC(/C=C1/Sc2ccccc2N1CCCS(=O)(=O)O)=c1/s/c(=c2\s/c(=C3\SC(=O)N(CC(=O)O)C3=O)n(CC(=O)O)c2=O)n(CC(=O)O)c1=O. The van der Waals surface area contributed by atoms with Gasteiger partial charge in [-0.15, -0.1) is 22.7 Å². The van der Waals surface area contributed by atoms with Gasteiger partial charge in [-0.3, -0.25) is 52.1 Å². The zero-order valence-electron chi connectivity index (χ0n) is 25.4. The van der Waals surface area contributed by atoms with Crippen molar-refractivity contribution in [1.82, 2.24) is 14.0 Å². The molecular formula is C28H24N4O13S5. The number of fused-ring (bicyclic) bond motifs is 1. The average Bonchev–Trinajstić information content (AvgIpc) is 3.70. The zero-order valence-corrected chi connectivity index (χ0v) is 29.5. The number of carboxylic acids is 3. The van der Waals surface area contributed by atoms with Crippen molar-refractivity contribution in [3.05, 3.63) is 74.5 Å². The molecule has 264 valence electrons. The number of amides is 2. The number of carbonyl (C=O) groups excluding carboxylic acids is 2. The average molecular weight is 785 g/mol. The molecule has 2 aromatic heterocycles. The van der Waals surface area contributed by atoms with E-state index in [-0.39, 0.29) is 31.4 Å². The van der Waals surface area contributed by atoms with Gasteiger partial charge in [0.05, 0.1) is 21.0 Å². The van der Waals surface area contributed by atoms with Crippen LogP contribution >= 0.6 is 46.2 Å². The Kier molecular flexibility index (Phi) is 10.6. The fraction of sp³-hybridized carbons (Fsp3) is 0.250. The van der Waals surface area contributed by atoms with Crippen LogP contribution in [-0.2, 0) is 42.4 Å². The number of allylic oxidation sites excluding steroid dienone is 1. The highest BCUT2D eigenvalue weighted by atomic mass is 32.2. The van der Waals surface area contributed by atoms with Crippen LogP contribution in [0.2, 0.25) is 0 Å². The van der Waals surface area contributed by atoms with Crippen LogP contribution in [0, 0.1) is 9.20 Å². The topological polar surface area (TPSA) is 251 Å². The lowest BCUT2D eigenvalue weighted by atomic mass is 10.2. The molecule has 2 aliphatic heterocycles. The molecule has 17 nitrogen and oxygen atoms in total. The van der Waals surface area contributed by atoms with E-state index in [1.165, 1.54) is 11.8 Å². The van der Waals surface area contributed by atoms with Crippen molar-refractivity contribution in [3.63, 3.8) is 0 Å². The number of thiazole rings is 2. The minimum atomic E-state index is -4.22. The first kappa shape index (κ1) is 36.8. The van der Waals surface area contributed by atoms with E-state index in [1.54, 1.807) is 30.0 Å². The quantitative estimate of drug-likeness (QED) is 0.192. The number of imide groups is 1. The standard InChI is InChI=1S/C28H24N4O13S5/c1-13(9-16-29(7-4-8-50(43,44)45)14-5-2-3-6-15(14)46-16)20-23(39)30(10-17(33)34)26(47-20)21-24(40)31(11-18(35)36)27(48-21)22-25(41)32(12-19(37)38)28(42)49-22/h2-3,5-6,9H,4,7-8,10-12H2,1H3,(H,33,34)(H,35,36)(H,37,38)(H,43,44,45)/b16-9+,20-13-,26-21-,27-22-. The summed E-state index contributed by atoms with van der Waals surface area (Å²) in [5.74, 6) is -5.98. The highest BCUT2D eigenvalue weighted by molar-refractivity contribution is 8.23. The fourth-order valence-electron chi connectivity index (χ4n) is 4.95. The molecule has 0 unspecified atom stereocenters. The summed E-state index contributed by atoms with van der Waals surface area (Å²) in [6, 6.07) is 7.24. The number of carbonyl (C=O) groups is 5. The van der Waals surface area contributed by atoms with E-state index >= 15 is 0 Å².